The number of nitrogens with one attached hydrogen (secondary N) is 1. The molecule has 2 N–H and O–H groups in total. The third kappa shape index (κ3) is 4.15. The molecule has 4 rings (SSSR count). The first-order valence-electron chi connectivity index (χ1n) is 10.0. The molecule has 2 heterocycles. The molecule has 1 saturated carbocycles. The lowest BCUT2D eigenvalue weighted by Crippen LogP contribution is -2.36. The van der Waals surface area contributed by atoms with Crippen molar-refractivity contribution in [2.45, 2.75) is 43.0 Å². The fraction of sp³-hybridized carbons (Fsp3) is 0.364. The van der Waals surface area contributed by atoms with Gasteiger partial charge in [0.15, 0.2) is 5.16 Å². The van der Waals surface area contributed by atoms with Crippen LogP contribution >= 0.6 is 0 Å². The summed E-state index contributed by atoms with van der Waals surface area (Å²) in [4.78, 5) is 9.02. The Balaban J connectivity index is 1.76. The Morgan fingerprint density at radius 2 is 1.90 bits per heavy atom. The fourth-order valence-corrected chi connectivity index (χ4v) is 4.70. The summed E-state index contributed by atoms with van der Waals surface area (Å²) < 4.78 is 27.5. The molecule has 0 aliphatic heterocycles. The van der Waals surface area contributed by atoms with Crippen LogP contribution in [0.2, 0.25) is 0 Å². The summed E-state index contributed by atoms with van der Waals surface area (Å²) in [5, 5.41) is 14.1. The van der Waals surface area contributed by atoms with Crippen molar-refractivity contribution in [2.24, 2.45) is 7.05 Å². The van der Waals surface area contributed by atoms with Gasteiger partial charge in [-0.05, 0) is 49.2 Å². The van der Waals surface area contributed by atoms with Gasteiger partial charge < -0.3 is 15.0 Å². The Morgan fingerprint density at radius 1 is 1.17 bits per heavy atom. The van der Waals surface area contributed by atoms with Crippen LogP contribution in [0.1, 0.15) is 25.7 Å². The van der Waals surface area contributed by atoms with E-state index in [0.717, 1.165) is 42.5 Å². The highest BCUT2D eigenvalue weighted by molar-refractivity contribution is 7.84. The SMILES string of the molecule is Cn1c(S(C)=O)nc(-c2ccc(F)cc2)c1-c1ccnc(N[C@@H]2CCCC[C@H]2O)c1. The molecule has 2 aromatic heterocycles. The van der Waals surface area contributed by atoms with Crippen LogP contribution in [-0.4, -0.2) is 42.3 Å². The summed E-state index contributed by atoms with van der Waals surface area (Å²) in [6.45, 7) is 0. The van der Waals surface area contributed by atoms with E-state index in [1.807, 2.05) is 23.7 Å². The number of imidazole rings is 1. The lowest BCUT2D eigenvalue weighted by atomic mass is 9.92. The van der Waals surface area contributed by atoms with Crippen molar-refractivity contribution in [3.05, 3.63) is 48.4 Å². The Bertz CT molecular complexity index is 1070. The zero-order valence-corrected chi connectivity index (χ0v) is 17.8. The molecule has 3 atom stereocenters. The van der Waals surface area contributed by atoms with E-state index in [4.69, 9.17) is 0 Å². The molecule has 1 aliphatic carbocycles. The molecule has 158 valence electrons. The van der Waals surface area contributed by atoms with E-state index in [1.54, 1.807) is 24.6 Å². The predicted molar refractivity (Wildman–Crippen MR) is 116 cm³/mol. The molecule has 30 heavy (non-hydrogen) atoms. The second-order valence-corrected chi connectivity index (χ2v) is 8.92. The van der Waals surface area contributed by atoms with Gasteiger partial charge in [-0.1, -0.05) is 12.8 Å². The molecule has 0 bridgehead atoms. The van der Waals surface area contributed by atoms with Crippen molar-refractivity contribution in [2.75, 3.05) is 11.6 Å². The van der Waals surface area contributed by atoms with Gasteiger partial charge in [-0.3, -0.25) is 4.21 Å². The molecule has 3 aromatic rings. The summed E-state index contributed by atoms with van der Waals surface area (Å²) in [6.07, 6.45) is 6.72. The smallest absolute Gasteiger partial charge is 0.199 e. The number of anilines is 1. The van der Waals surface area contributed by atoms with Crippen LogP contribution in [0.15, 0.2) is 47.8 Å². The van der Waals surface area contributed by atoms with Crippen molar-refractivity contribution in [1.29, 1.82) is 0 Å². The van der Waals surface area contributed by atoms with E-state index >= 15 is 0 Å². The first kappa shape index (κ1) is 20.7. The van der Waals surface area contributed by atoms with E-state index in [1.165, 1.54) is 12.1 Å². The second-order valence-electron chi connectivity index (χ2n) is 7.64. The standard InChI is InChI=1S/C22H25FN4O2S/c1-27-21(20(26-22(27)30(2)29)14-7-9-16(23)10-8-14)15-11-12-24-19(13-15)25-17-5-3-4-6-18(17)28/h7-13,17-18,28H,3-6H2,1-2H3,(H,24,25)/t17-,18-,30?/m1/s1. The van der Waals surface area contributed by atoms with Crippen LogP contribution < -0.4 is 5.32 Å². The highest BCUT2D eigenvalue weighted by Crippen LogP contribution is 2.34. The highest BCUT2D eigenvalue weighted by Gasteiger charge is 2.24. The number of benzene rings is 1. The van der Waals surface area contributed by atoms with Crippen molar-refractivity contribution in [3.8, 4) is 22.5 Å². The third-order valence-electron chi connectivity index (χ3n) is 5.52. The summed E-state index contributed by atoms with van der Waals surface area (Å²) in [5.41, 5.74) is 3.01. The minimum absolute atomic E-state index is 0.0247. The number of hydrogen-bond acceptors (Lipinski definition) is 5. The van der Waals surface area contributed by atoms with Crippen LogP contribution in [0, 0.1) is 5.82 Å². The molecule has 0 saturated heterocycles. The Morgan fingerprint density at radius 3 is 2.60 bits per heavy atom. The van der Waals surface area contributed by atoms with Crippen LogP contribution in [0.4, 0.5) is 10.2 Å². The Labute approximate surface area is 177 Å². The number of halogens is 1. The normalized spacial score (nSPS) is 20.1. The molecule has 6 nitrogen and oxygen atoms in total. The minimum Gasteiger partial charge on any atom is -0.391 e. The van der Waals surface area contributed by atoms with Gasteiger partial charge in [0.1, 0.15) is 11.6 Å². The van der Waals surface area contributed by atoms with Crippen LogP contribution in [0.3, 0.4) is 0 Å². The number of rotatable bonds is 5. The van der Waals surface area contributed by atoms with E-state index in [2.05, 4.69) is 15.3 Å². The zero-order chi connectivity index (χ0) is 21.3. The summed E-state index contributed by atoms with van der Waals surface area (Å²) in [6, 6.07) is 9.87. The van der Waals surface area contributed by atoms with E-state index < -0.39 is 10.8 Å². The van der Waals surface area contributed by atoms with Crippen LogP contribution in [-0.2, 0) is 17.8 Å². The van der Waals surface area contributed by atoms with Gasteiger partial charge in [0.25, 0.3) is 0 Å². The summed E-state index contributed by atoms with van der Waals surface area (Å²) in [5.74, 6) is 0.348. The third-order valence-corrected chi connectivity index (χ3v) is 6.40. The van der Waals surface area contributed by atoms with Gasteiger partial charge in [-0.2, -0.15) is 0 Å². The van der Waals surface area contributed by atoms with Crippen molar-refractivity contribution in [1.82, 2.24) is 14.5 Å². The highest BCUT2D eigenvalue weighted by atomic mass is 32.2. The average molecular weight is 429 g/mol. The van der Waals surface area contributed by atoms with Gasteiger partial charge in [0, 0.05) is 30.6 Å². The lowest BCUT2D eigenvalue weighted by molar-refractivity contribution is 0.116. The largest absolute Gasteiger partial charge is 0.391 e. The first-order chi connectivity index (χ1) is 14.4. The molecule has 1 unspecified atom stereocenters. The van der Waals surface area contributed by atoms with Crippen molar-refractivity contribution < 1.29 is 13.7 Å². The van der Waals surface area contributed by atoms with Gasteiger partial charge in [0.2, 0.25) is 0 Å². The molecule has 1 aliphatic rings. The summed E-state index contributed by atoms with van der Waals surface area (Å²) in [7, 11) is 0.540. The number of nitrogens with zero attached hydrogens (tertiary/aromatic N) is 3. The monoisotopic (exact) mass is 428 g/mol. The maximum absolute atomic E-state index is 13.4. The molecule has 0 spiro atoms. The first-order valence-corrected chi connectivity index (χ1v) is 11.6. The molecular formula is C22H25FN4O2S. The molecular weight excluding hydrogens is 403 g/mol. The number of hydrogen-bond donors (Lipinski definition) is 2. The number of aliphatic hydroxyl groups excluding tert-OH is 1. The quantitative estimate of drug-likeness (QED) is 0.647. The maximum Gasteiger partial charge on any atom is 0.199 e. The summed E-state index contributed by atoms with van der Waals surface area (Å²) >= 11 is 0. The van der Waals surface area contributed by atoms with Crippen LogP contribution in [0.25, 0.3) is 22.5 Å². The van der Waals surface area contributed by atoms with Gasteiger partial charge >= 0.3 is 0 Å². The number of pyridine rings is 1. The van der Waals surface area contributed by atoms with E-state index in [0.29, 0.717) is 16.7 Å². The Hall–Kier alpha value is -2.58. The maximum atomic E-state index is 13.4. The average Bonchev–Trinajstić information content (AvgIpc) is 3.08. The number of aromatic nitrogens is 3. The molecule has 0 amide bonds. The Kier molecular flexibility index (Phi) is 5.97. The molecule has 0 radical (unpaired) electrons. The van der Waals surface area contributed by atoms with Gasteiger partial charge in [-0.15, -0.1) is 0 Å². The van der Waals surface area contributed by atoms with Crippen LogP contribution in [0.5, 0.6) is 0 Å². The second kappa shape index (κ2) is 8.65. The molecule has 1 fully saturated rings. The fourth-order valence-electron chi connectivity index (χ4n) is 4.00. The van der Waals surface area contributed by atoms with Gasteiger partial charge in [-0.25, -0.2) is 14.4 Å². The predicted octanol–water partition coefficient (Wildman–Crippen LogP) is 3.74. The number of aliphatic hydroxyl groups is 1. The zero-order valence-electron chi connectivity index (χ0n) is 17.0. The lowest BCUT2D eigenvalue weighted by Gasteiger charge is -2.28. The van der Waals surface area contributed by atoms with Crippen molar-refractivity contribution >= 4 is 16.6 Å². The topological polar surface area (TPSA) is 80.0 Å². The minimum atomic E-state index is -1.28. The van der Waals surface area contributed by atoms with E-state index in [-0.39, 0.29) is 18.0 Å². The molecule has 8 heteroatoms. The van der Waals surface area contributed by atoms with Gasteiger partial charge in [0.05, 0.1) is 34.3 Å². The van der Waals surface area contributed by atoms with E-state index in [9.17, 15) is 13.7 Å². The molecule has 1 aromatic carbocycles. The van der Waals surface area contributed by atoms with Crippen molar-refractivity contribution in [3.63, 3.8) is 0 Å².